The highest BCUT2D eigenvalue weighted by Crippen LogP contribution is 2.42. The Morgan fingerprint density at radius 2 is 1.93 bits per heavy atom. The van der Waals surface area contributed by atoms with Crippen LogP contribution in [0.5, 0.6) is 5.75 Å². The van der Waals surface area contributed by atoms with Gasteiger partial charge in [0.05, 0.1) is 37.3 Å². The van der Waals surface area contributed by atoms with Crippen molar-refractivity contribution >= 4 is 33.3 Å². The van der Waals surface area contributed by atoms with Crippen molar-refractivity contribution in [1.82, 2.24) is 19.2 Å². The van der Waals surface area contributed by atoms with E-state index in [1.165, 1.54) is 23.5 Å². The first-order chi connectivity index (χ1) is 20.1. The molecule has 0 amide bonds. The lowest BCUT2D eigenvalue weighted by Gasteiger charge is -2.39. The summed E-state index contributed by atoms with van der Waals surface area (Å²) in [5.41, 5.74) is 0.771. The Kier molecular flexibility index (Phi) is 9.11. The minimum Gasteiger partial charge on any atom is -0.495 e. The second-order valence-corrected chi connectivity index (χ2v) is 12.4. The molecular formula is C27H36F3N7O4S. The predicted molar refractivity (Wildman–Crippen MR) is 153 cm³/mol. The van der Waals surface area contributed by atoms with E-state index in [-0.39, 0.29) is 29.0 Å². The maximum Gasteiger partial charge on any atom is 0.389 e. The van der Waals surface area contributed by atoms with Crippen molar-refractivity contribution in [2.45, 2.75) is 42.3 Å². The minimum absolute atomic E-state index is 0.0787. The number of aromatic nitrogens is 2. The van der Waals surface area contributed by atoms with Crippen LogP contribution in [0.25, 0.3) is 0 Å². The van der Waals surface area contributed by atoms with Crippen molar-refractivity contribution in [3.8, 4) is 5.75 Å². The number of morpholine rings is 1. The molecule has 0 saturated carbocycles. The Morgan fingerprint density at radius 1 is 1.19 bits per heavy atom. The summed E-state index contributed by atoms with van der Waals surface area (Å²) in [4.78, 5) is 11.3. The number of nitrogens with zero attached hydrogens (tertiary/aromatic N) is 4. The maximum absolute atomic E-state index is 13.5. The SMILES string of the molecule is C=CCNc1nc(Nc2ccc(S(=O)(=O)N3CCC(N4CCOCC4)CC3)cc2OC)nc2c1C(CC(F)(F)F)CN2. The van der Waals surface area contributed by atoms with E-state index in [0.29, 0.717) is 56.0 Å². The molecule has 3 aliphatic heterocycles. The molecule has 1 atom stereocenters. The van der Waals surface area contributed by atoms with Crippen molar-refractivity contribution < 1.29 is 31.1 Å². The number of methoxy groups -OCH3 is 1. The van der Waals surface area contributed by atoms with Crippen molar-refractivity contribution in [2.24, 2.45) is 0 Å². The van der Waals surface area contributed by atoms with Crippen LogP contribution >= 0.6 is 0 Å². The summed E-state index contributed by atoms with van der Waals surface area (Å²) >= 11 is 0. The van der Waals surface area contributed by atoms with Gasteiger partial charge in [0.1, 0.15) is 17.4 Å². The number of ether oxygens (including phenoxy) is 2. The fourth-order valence-corrected chi connectivity index (χ4v) is 7.21. The molecule has 3 N–H and O–H groups in total. The summed E-state index contributed by atoms with van der Waals surface area (Å²) in [6.07, 6.45) is -2.25. The number of piperidine rings is 1. The highest BCUT2D eigenvalue weighted by atomic mass is 32.2. The van der Waals surface area contributed by atoms with E-state index >= 15 is 0 Å². The molecule has 4 heterocycles. The largest absolute Gasteiger partial charge is 0.495 e. The van der Waals surface area contributed by atoms with Crippen molar-refractivity contribution in [3.63, 3.8) is 0 Å². The molecule has 1 aromatic heterocycles. The molecule has 1 unspecified atom stereocenters. The maximum atomic E-state index is 13.5. The van der Waals surface area contributed by atoms with Crippen LogP contribution in [-0.2, 0) is 14.8 Å². The normalized spacial score (nSPS) is 20.5. The smallest absolute Gasteiger partial charge is 0.389 e. The standard InChI is InChI=1S/C27H36F3N7O4S/c1-3-8-31-24-23-18(16-27(28,29)30)17-32-25(23)35-26(34-24)33-21-5-4-20(15-22(21)40-2)42(38,39)37-9-6-19(7-10-37)36-11-13-41-14-12-36/h3-5,15,18-19H,1,6-14,16-17H2,2H3,(H3,31,32,33,34,35). The van der Waals surface area contributed by atoms with Crippen molar-refractivity contribution in [2.75, 3.05) is 75.5 Å². The summed E-state index contributed by atoms with van der Waals surface area (Å²) in [6.45, 7) is 8.03. The van der Waals surface area contributed by atoms with E-state index in [0.717, 1.165) is 25.9 Å². The van der Waals surface area contributed by atoms with Gasteiger partial charge < -0.3 is 25.4 Å². The van der Waals surface area contributed by atoms with Crippen LogP contribution in [0.2, 0.25) is 0 Å². The first-order valence-corrected chi connectivity index (χ1v) is 15.4. The highest BCUT2D eigenvalue weighted by molar-refractivity contribution is 7.89. The number of fused-ring (bicyclic) bond motifs is 1. The summed E-state index contributed by atoms with van der Waals surface area (Å²) in [5, 5.41) is 9.00. The van der Waals surface area contributed by atoms with Crippen LogP contribution in [0.3, 0.4) is 0 Å². The molecule has 0 aliphatic carbocycles. The van der Waals surface area contributed by atoms with Gasteiger partial charge >= 0.3 is 6.18 Å². The predicted octanol–water partition coefficient (Wildman–Crippen LogP) is 3.77. The van der Waals surface area contributed by atoms with E-state index in [9.17, 15) is 21.6 Å². The first-order valence-electron chi connectivity index (χ1n) is 13.9. The number of nitrogens with one attached hydrogen (secondary N) is 3. The zero-order chi connectivity index (χ0) is 29.9. The molecule has 5 rings (SSSR count). The molecule has 0 radical (unpaired) electrons. The number of hydrogen-bond acceptors (Lipinski definition) is 10. The van der Waals surface area contributed by atoms with Gasteiger partial charge in [-0.3, -0.25) is 4.90 Å². The van der Waals surface area contributed by atoms with Crippen molar-refractivity contribution in [3.05, 3.63) is 36.4 Å². The van der Waals surface area contributed by atoms with E-state index in [2.05, 4.69) is 37.4 Å². The van der Waals surface area contributed by atoms with E-state index in [1.807, 2.05) is 0 Å². The van der Waals surface area contributed by atoms with Gasteiger partial charge in [-0.15, -0.1) is 6.58 Å². The molecule has 2 fully saturated rings. The van der Waals surface area contributed by atoms with Crippen LogP contribution in [0, 0.1) is 0 Å². The topological polar surface area (TPSA) is 121 Å². The average molecular weight is 612 g/mol. The molecule has 2 saturated heterocycles. The van der Waals surface area contributed by atoms with E-state index in [1.54, 1.807) is 12.1 Å². The van der Waals surface area contributed by atoms with Gasteiger partial charge in [-0.1, -0.05) is 6.08 Å². The van der Waals surface area contributed by atoms with Crippen LogP contribution < -0.4 is 20.7 Å². The van der Waals surface area contributed by atoms with Crippen LogP contribution in [0.4, 0.5) is 36.4 Å². The van der Waals surface area contributed by atoms with E-state index in [4.69, 9.17) is 9.47 Å². The fourth-order valence-electron chi connectivity index (χ4n) is 5.72. The third-order valence-corrected chi connectivity index (χ3v) is 9.70. The van der Waals surface area contributed by atoms with E-state index < -0.39 is 28.5 Å². The van der Waals surface area contributed by atoms with Gasteiger partial charge in [-0.05, 0) is 25.0 Å². The monoisotopic (exact) mass is 611 g/mol. The number of rotatable bonds is 10. The summed E-state index contributed by atoms with van der Waals surface area (Å²) < 4.78 is 79.0. The molecule has 11 nitrogen and oxygen atoms in total. The lowest BCUT2D eigenvalue weighted by atomic mass is 9.99. The van der Waals surface area contributed by atoms with Gasteiger partial charge in [-0.2, -0.15) is 27.4 Å². The van der Waals surface area contributed by atoms with Gasteiger partial charge in [0.2, 0.25) is 16.0 Å². The van der Waals surface area contributed by atoms with Gasteiger partial charge in [0, 0.05) is 62.9 Å². The Bertz CT molecular complexity index is 1380. The first kappa shape index (κ1) is 30.3. The number of benzene rings is 1. The van der Waals surface area contributed by atoms with Gasteiger partial charge in [-0.25, -0.2) is 8.42 Å². The molecule has 2 aromatic rings. The molecule has 230 valence electrons. The minimum atomic E-state index is -4.34. The average Bonchev–Trinajstić information content (AvgIpc) is 3.37. The van der Waals surface area contributed by atoms with Gasteiger partial charge in [0.25, 0.3) is 0 Å². The quantitative estimate of drug-likeness (QED) is 0.343. The zero-order valence-corrected chi connectivity index (χ0v) is 24.2. The molecule has 0 bridgehead atoms. The fraction of sp³-hybridized carbons (Fsp3) is 0.556. The third-order valence-electron chi connectivity index (χ3n) is 7.80. The van der Waals surface area contributed by atoms with Crippen LogP contribution in [0.15, 0.2) is 35.7 Å². The van der Waals surface area contributed by atoms with Crippen LogP contribution in [0.1, 0.15) is 30.7 Å². The number of anilines is 4. The lowest BCUT2D eigenvalue weighted by molar-refractivity contribution is -0.137. The molecule has 15 heteroatoms. The summed E-state index contributed by atoms with van der Waals surface area (Å²) in [5.74, 6) is 0.0954. The Labute approximate surface area is 243 Å². The van der Waals surface area contributed by atoms with Gasteiger partial charge in [0.15, 0.2) is 0 Å². The number of alkyl halides is 3. The summed E-state index contributed by atoms with van der Waals surface area (Å²) in [6, 6.07) is 4.86. The lowest BCUT2D eigenvalue weighted by Crippen LogP contribution is -2.50. The Morgan fingerprint density at radius 3 is 2.60 bits per heavy atom. The van der Waals surface area contributed by atoms with Crippen LogP contribution in [-0.4, -0.2) is 99.4 Å². The zero-order valence-electron chi connectivity index (χ0n) is 23.4. The highest BCUT2D eigenvalue weighted by Gasteiger charge is 2.38. The molecule has 42 heavy (non-hydrogen) atoms. The molecule has 1 aromatic carbocycles. The Hall–Kier alpha value is -3.14. The number of hydrogen-bond donors (Lipinski definition) is 3. The summed E-state index contributed by atoms with van der Waals surface area (Å²) in [7, 11) is -2.33. The number of halogens is 3. The molecule has 0 spiro atoms. The molecular weight excluding hydrogens is 575 g/mol. The molecule has 3 aliphatic rings. The van der Waals surface area contributed by atoms with Crippen molar-refractivity contribution in [1.29, 1.82) is 0 Å². The second-order valence-electron chi connectivity index (χ2n) is 10.5. The second kappa shape index (κ2) is 12.6. The number of sulfonamides is 1. The Balaban J connectivity index is 1.33. The third kappa shape index (κ3) is 6.74.